The molecule has 3 aliphatic rings. The molecule has 1 N–H and O–H groups in total. The van der Waals surface area contributed by atoms with Gasteiger partial charge in [-0.2, -0.15) is 0 Å². The zero-order chi connectivity index (χ0) is 13.9. The van der Waals surface area contributed by atoms with Crippen LogP contribution >= 0.6 is 12.4 Å². The topological polar surface area (TPSA) is 61.9 Å². The second-order valence-corrected chi connectivity index (χ2v) is 5.93. The molecule has 120 valence electrons. The summed E-state index contributed by atoms with van der Waals surface area (Å²) >= 11 is 0. The smallest absolute Gasteiger partial charge is 0.240 e. The first-order valence-corrected chi connectivity index (χ1v) is 7.62. The van der Waals surface area contributed by atoms with E-state index >= 15 is 0 Å². The first kappa shape index (κ1) is 16.5. The van der Waals surface area contributed by atoms with Crippen LogP contribution in [0.15, 0.2) is 0 Å². The van der Waals surface area contributed by atoms with Gasteiger partial charge in [0.1, 0.15) is 0 Å². The van der Waals surface area contributed by atoms with Crippen LogP contribution in [-0.2, 0) is 14.3 Å². The van der Waals surface area contributed by atoms with Gasteiger partial charge in [-0.15, -0.1) is 12.4 Å². The van der Waals surface area contributed by atoms with Gasteiger partial charge in [-0.1, -0.05) is 0 Å². The fourth-order valence-corrected chi connectivity index (χ4v) is 2.86. The number of ether oxygens (including phenoxy) is 1. The van der Waals surface area contributed by atoms with Crippen LogP contribution in [-0.4, -0.2) is 73.6 Å². The van der Waals surface area contributed by atoms with Gasteiger partial charge in [0.2, 0.25) is 11.8 Å². The van der Waals surface area contributed by atoms with E-state index in [1.54, 1.807) is 4.90 Å². The standard InChI is InChI=1S/C14H23N3O3.ClH/c18-13(16-5-7-20-8-6-16)9-12-14(19)17(4-3-15-12)10-11-1-2-11;/h11-12,15H,1-10H2;1H. The second-order valence-electron chi connectivity index (χ2n) is 5.93. The molecule has 7 heteroatoms. The van der Waals surface area contributed by atoms with Crippen LogP contribution in [0.4, 0.5) is 0 Å². The van der Waals surface area contributed by atoms with Crippen molar-refractivity contribution in [1.82, 2.24) is 15.1 Å². The third kappa shape index (κ3) is 4.31. The predicted molar refractivity (Wildman–Crippen MR) is 80.4 cm³/mol. The Balaban J connectivity index is 0.00000161. The monoisotopic (exact) mass is 317 g/mol. The number of piperazine rings is 1. The van der Waals surface area contributed by atoms with E-state index in [1.807, 2.05) is 4.90 Å². The van der Waals surface area contributed by atoms with Gasteiger partial charge in [-0.3, -0.25) is 9.59 Å². The first-order valence-electron chi connectivity index (χ1n) is 7.62. The Kier molecular flexibility index (Phi) is 5.84. The van der Waals surface area contributed by atoms with E-state index in [1.165, 1.54) is 12.8 Å². The molecule has 0 spiro atoms. The van der Waals surface area contributed by atoms with Crippen LogP contribution in [0.25, 0.3) is 0 Å². The highest BCUT2D eigenvalue weighted by Gasteiger charge is 2.34. The van der Waals surface area contributed by atoms with Gasteiger partial charge >= 0.3 is 0 Å². The van der Waals surface area contributed by atoms with E-state index in [0.29, 0.717) is 32.2 Å². The summed E-state index contributed by atoms with van der Waals surface area (Å²) in [5.41, 5.74) is 0. The zero-order valence-corrected chi connectivity index (χ0v) is 13.1. The molecule has 1 aliphatic carbocycles. The Bertz CT molecular complexity index is 384. The summed E-state index contributed by atoms with van der Waals surface area (Å²) in [6, 6.07) is -0.335. The van der Waals surface area contributed by atoms with Gasteiger partial charge in [-0.25, -0.2) is 0 Å². The minimum Gasteiger partial charge on any atom is -0.378 e. The molecule has 2 heterocycles. The summed E-state index contributed by atoms with van der Waals surface area (Å²) in [6.07, 6.45) is 2.77. The number of nitrogens with one attached hydrogen (secondary N) is 1. The van der Waals surface area contributed by atoms with E-state index < -0.39 is 0 Å². The minimum atomic E-state index is -0.335. The predicted octanol–water partition coefficient (Wildman–Crippen LogP) is -0.132. The molecule has 3 fully saturated rings. The maximum atomic E-state index is 12.4. The number of halogens is 1. The summed E-state index contributed by atoms with van der Waals surface area (Å²) in [5, 5.41) is 3.19. The third-order valence-electron chi connectivity index (χ3n) is 4.30. The molecule has 1 atom stereocenters. The van der Waals surface area contributed by atoms with Crippen LogP contribution in [0.1, 0.15) is 19.3 Å². The molecule has 1 unspecified atom stereocenters. The number of nitrogens with zero attached hydrogens (tertiary/aromatic N) is 2. The fourth-order valence-electron chi connectivity index (χ4n) is 2.86. The van der Waals surface area contributed by atoms with Crippen LogP contribution in [0, 0.1) is 5.92 Å². The lowest BCUT2D eigenvalue weighted by atomic mass is 10.1. The second kappa shape index (κ2) is 7.42. The zero-order valence-electron chi connectivity index (χ0n) is 12.3. The Labute approximate surface area is 131 Å². The summed E-state index contributed by atoms with van der Waals surface area (Å²) in [5.74, 6) is 0.866. The molecule has 2 saturated heterocycles. The number of morpholine rings is 1. The number of carbonyl (C=O) groups excluding carboxylic acids is 2. The molecule has 21 heavy (non-hydrogen) atoms. The normalized spacial score (nSPS) is 26.5. The number of rotatable bonds is 4. The maximum absolute atomic E-state index is 12.4. The number of hydrogen-bond donors (Lipinski definition) is 1. The van der Waals surface area contributed by atoms with E-state index in [-0.39, 0.29) is 36.7 Å². The van der Waals surface area contributed by atoms with Crippen LogP contribution < -0.4 is 5.32 Å². The molecule has 0 aromatic carbocycles. The molecule has 6 nitrogen and oxygen atoms in total. The van der Waals surface area contributed by atoms with E-state index in [9.17, 15) is 9.59 Å². The average Bonchev–Trinajstić information content (AvgIpc) is 3.28. The summed E-state index contributed by atoms with van der Waals surface area (Å²) in [6.45, 7) is 4.94. The Morgan fingerprint density at radius 3 is 2.62 bits per heavy atom. The van der Waals surface area contributed by atoms with Crippen molar-refractivity contribution >= 4 is 24.2 Å². The van der Waals surface area contributed by atoms with Crippen LogP contribution in [0.2, 0.25) is 0 Å². The van der Waals surface area contributed by atoms with E-state index in [4.69, 9.17) is 4.74 Å². The van der Waals surface area contributed by atoms with Crippen molar-refractivity contribution in [1.29, 1.82) is 0 Å². The Morgan fingerprint density at radius 2 is 1.95 bits per heavy atom. The molecule has 3 rings (SSSR count). The molecule has 0 aromatic rings. The molecular formula is C14H24ClN3O3. The summed E-state index contributed by atoms with van der Waals surface area (Å²) < 4.78 is 5.24. The fraction of sp³-hybridized carbons (Fsp3) is 0.857. The quantitative estimate of drug-likeness (QED) is 0.784. The highest BCUT2D eigenvalue weighted by Crippen LogP contribution is 2.30. The van der Waals surface area contributed by atoms with Crippen molar-refractivity contribution in [2.24, 2.45) is 5.92 Å². The highest BCUT2D eigenvalue weighted by atomic mass is 35.5. The first-order chi connectivity index (χ1) is 9.74. The molecule has 0 aromatic heterocycles. The highest BCUT2D eigenvalue weighted by molar-refractivity contribution is 5.89. The van der Waals surface area contributed by atoms with Crippen molar-refractivity contribution in [2.75, 3.05) is 45.9 Å². The lowest BCUT2D eigenvalue weighted by Crippen LogP contribution is -2.57. The summed E-state index contributed by atoms with van der Waals surface area (Å²) in [7, 11) is 0. The Hall–Kier alpha value is -0.850. The maximum Gasteiger partial charge on any atom is 0.240 e. The number of amides is 2. The largest absolute Gasteiger partial charge is 0.378 e. The molecule has 2 aliphatic heterocycles. The SMILES string of the molecule is Cl.O=C(CC1NCCN(CC2CC2)C1=O)N1CCOCC1. The van der Waals surface area contributed by atoms with Gasteiger partial charge in [0.05, 0.1) is 25.7 Å². The molecular weight excluding hydrogens is 294 g/mol. The lowest BCUT2D eigenvalue weighted by molar-refractivity contribution is -0.142. The number of carbonyl (C=O) groups is 2. The third-order valence-corrected chi connectivity index (χ3v) is 4.30. The van der Waals surface area contributed by atoms with Crippen molar-refractivity contribution in [3.05, 3.63) is 0 Å². The van der Waals surface area contributed by atoms with E-state index in [0.717, 1.165) is 19.6 Å². The number of hydrogen-bond acceptors (Lipinski definition) is 4. The minimum absolute atomic E-state index is 0. The van der Waals surface area contributed by atoms with Gasteiger partial charge < -0.3 is 19.9 Å². The van der Waals surface area contributed by atoms with Crippen molar-refractivity contribution in [3.8, 4) is 0 Å². The van der Waals surface area contributed by atoms with E-state index in [2.05, 4.69) is 5.32 Å². The average molecular weight is 318 g/mol. The van der Waals surface area contributed by atoms with Crippen LogP contribution in [0.3, 0.4) is 0 Å². The van der Waals surface area contributed by atoms with Crippen LogP contribution in [0.5, 0.6) is 0 Å². The Morgan fingerprint density at radius 1 is 1.24 bits per heavy atom. The molecule has 0 bridgehead atoms. The molecule has 0 radical (unpaired) electrons. The van der Waals surface area contributed by atoms with Crippen molar-refractivity contribution in [2.45, 2.75) is 25.3 Å². The molecule has 2 amide bonds. The van der Waals surface area contributed by atoms with Crippen molar-refractivity contribution in [3.63, 3.8) is 0 Å². The van der Waals surface area contributed by atoms with Gasteiger partial charge in [0, 0.05) is 32.7 Å². The van der Waals surface area contributed by atoms with Gasteiger partial charge in [-0.05, 0) is 18.8 Å². The van der Waals surface area contributed by atoms with Gasteiger partial charge in [0.15, 0.2) is 0 Å². The van der Waals surface area contributed by atoms with Crippen molar-refractivity contribution < 1.29 is 14.3 Å². The lowest BCUT2D eigenvalue weighted by Gasteiger charge is -2.34. The van der Waals surface area contributed by atoms with Gasteiger partial charge in [0.25, 0.3) is 0 Å². The molecule has 1 saturated carbocycles. The summed E-state index contributed by atoms with van der Waals surface area (Å²) in [4.78, 5) is 28.3.